The molecule has 1 unspecified atom stereocenters. The summed E-state index contributed by atoms with van der Waals surface area (Å²) in [5.74, 6) is -0.763. The number of benzene rings is 2. The van der Waals surface area contributed by atoms with E-state index in [1.54, 1.807) is 35.8 Å². The molecule has 6 nitrogen and oxygen atoms in total. The molecule has 0 fully saturated rings. The largest absolute Gasteiger partial charge is 0.573 e. The minimum Gasteiger partial charge on any atom is -0.406 e. The number of nitrogens with zero attached hydrogens (tertiary/aromatic N) is 2. The maximum atomic E-state index is 12.9. The first-order valence-electron chi connectivity index (χ1n) is 9.40. The van der Waals surface area contributed by atoms with Gasteiger partial charge in [0.05, 0.1) is 16.2 Å². The van der Waals surface area contributed by atoms with Crippen molar-refractivity contribution in [2.75, 3.05) is 5.32 Å². The molecular formula is C21H20F3N3O3S. The lowest BCUT2D eigenvalue weighted by molar-refractivity contribution is -0.274. The lowest BCUT2D eigenvalue weighted by atomic mass is 10.2. The van der Waals surface area contributed by atoms with Crippen LogP contribution in [0.15, 0.2) is 58.5 Å². The molecule has 1 amide bonds. The van der Waals surface area contributed by atoms with Gasteiger partial charge < -0.3 is 10.1 Å². The van der Waals surface area contributed by atoms with Crippen LogP contribution < -0.4 is 15.6 Å². The molecule has 1 heterocycles. The predicted octanol–water partition coefficient (Wildman–Crippen LogP) is 5.00. The smallest absolute Gasteiger partial charge is 0.406 e. The molecule has 1 N–H and O–H groups in total. The zero-order valence-corrected chi connectivity index (χ0v) is 17.8. The Balaban J connectivity index is 1.77. The molecule has 164 valence electrons. The van der Waals surface area contributed by atoms with Crippen LogP contribution in [0.25, 0.3) is 10.9 Å². The molecule has 0 spiro atoms. The minimum atomic E-state index is -4.78. The average molecular weight is 451 g/mol. The van der Waals surface area contributed by atoms with Crippen molar-refractivity contribution >= 4 is 34.3 Å². The lowest BCUT2D eigenvalue weighted by Gasteiger charge is -2.18. The molecule has 0 aliphatic rings. The number of nitrogens with one attached hydrogen (secondary N) is 1. The van der Waals surface area contributed by atoms with E-state index in [4.69, 9.17) is 0 Å². The molecule has 1 aromatic heterocycles. The number of thioether (sulfide) groups is 1. The molecule has 1 atom stereocenters. The topological polar surface area (TPSA) is 73.2 Å². The SMILES string of the molecule is CC(Sc1nc2ccccc2c(=O)n1C(C)C)C(=O)Nc1ccc(OC(F)(F)F)cc1. The number of hydrogen-bond donors (Lipinski definition) is 1. The van der Waals surface area contributed by atoms with E-state index in [-0.39, 0.29) is 23.3 Å². The molecule has 0 bridgehead atoms. The Labute approximate surface area is 180 Å². The van der Waals surface area contributed by atoms with Crippen molar-refractivity contribution in [2.45, 2.75) is 43.6 Å². The van der Waals surface area contributed by atoms with Crippen LogP contribution in [0, 0.1) is 0 Å². The third kappa shape index (κ3) is 5.57. The third-order valence-electron chi connectivity index (χ3n) is 4.30. The first-order valence-corrected chi connectivity index (χ1v) is 10.3. The van der Waals surface area contributed by atoms with E-state index in [0.29, 0.717) is 21.7 Å². The van der Waals surface area contributed by atoms with Crippen LogP contribution in [0.2, 0.25) is 0 Å². The van der Waals surface area contributed by atoms with Gasteiger partial charge in [-0.05, 0) is 57.2 Å². The highest BCUT2D eigenvalue weighted by Crippen LogP contribution is 2.27. The van der Waals surface area contributed by atoms with Gasteiger partial charge in [0.1, 0.15) is 5.75 Å². The van der Waals surface area contributed by atoms with Crippen LogP contribution in [-0.4, -0.2) is 27.1 Å². The third-order valence-corrected chi connectivity index (χ3v) is 5.37. The summed E-state index contributed by atoms with van der Waals surface area (Å²) in [5, 5.41) is 2.93. The molecule has 0 saturated carbocycles. The van der Waals surface area contributed by atoms with Gasteiger partial charge in [-0.25, -0.2) is 4.98 Å². The summed E-state index contributed by atoms with van der Waals surface area (Å²) in [7, 11) is 0. The van der Waals surface area contributed by atoms with Crippen LogP contribution >= 0.6 is 11.8 Å². The van der Waals surface area contributed by atoms with Crippen molar-refractivity contribution in [1.82, 2.24) is 9.55 Å². The molecular weight excluding hydrogens is 431 g/mol. The number of alkyl halides is 3. The number of hydrogen-bond acceptors (Lipinski definition) is 5. The second kappa shape index (κ2) is 9.01. The standard InChI is InChI=1S/C21H20F3N3O3S/c1-12(2)27-19(29)16-6-4-5-7-17(16)26-20(27)31-13(3)18(28)25-14-8-10-15(11-9-14)30-21(22,23)24/h4-13H,1-3H3,(H,25,28). The van der Waals surface area contributed by atoms with E-state index in [0.717, 1.165) is 23.9 Å². The highest BCUT2D eigenvalue weighted by atomic mass is 32.2. The maximum absolute atomic E-state index is 12.9. The Hall–Kier alpha value is -3.01. The predicted molar refractivity (Wildman–Crippen MR) is 113 cm³/mol. The van der Waals surface area contributed by atoms with Gasteiger partial charge in [0.2, 0.25) is 5.91 Å². The van der Waals surface area contributed by atoms with Gasteiger partial charge in [-0.2, -0.15) is 0 Å². The molecule has 0 radical (unpaired) electrons. The van der Waals surface area contributed by atoms with E-state index in [9.17, 15) is 22.8 Å². The zero-order chi connectivity index (χ0) is 22.8. The Bertz CT molecular complexity index is 1140. The van der Waals surface area contributed by atoms with E-state index in [1.807, 2.05) is 13.8 Å². The number of halogens is 3. The van der Waals surface area contributed by atoms with Crippen molar-refractivity contribution in [3.05, 3.63) is 58.9 Å². The molecule has 3 aromatic rings. The first kappa shape index (κ1) is 22.7. The summed E-state index contributed by atoms with van der Waals surface area (Å²) >= 11 is 1.13. The van der Waals surface area contributed by atoms with Gasteiger partial charge in [0.25, 0.3) is 5.56 Å². The summed E-state index contributed by atoms with van der Waals surface area (Å²) in [6.45, 7) is 5.38. The molecule has 0 aliphatic heterocycles. The van der Waals surface area contributed by atoms with Crippen LogP contribution in [-0.2, 0) is 4.79 Å². The highest BCUT2D eigenvalue weighted by molar-refractivity contribution is 8.00. The Morgan fingerprint density at radius 2 is 1.74 bits per heavy atom. The number of fused-ring (bicyclic) bond motifs is 1. The minimum absolute atomic E-state index is 0.163. The molecule has 0 saturated heterocycles. The van der Waals surface area contributed by atoms with Crippen LogP contribution in [0.5, 0.6) is 5.75 Å². The molecule has 31 heavy (non-hydrogen) atoms. The molecule has 3 rings (SSSR count). The quantitative estimate of drug-likeness (QED) is 0.422. The number of amides is 1. The maximum Gasteiger partial charge on any atom is 0.573 e. The highest BCUT2D eigenvalue weighted by Gasteiger charge is 2.31. The summed E-state index contributed by atoms with van der Waals surface area (Å²) < 4.78 is 42.1. The normalized spacial score (nSPS) is 12.7. The second-order valence-corrected chi connectivity index (χ2v) is 8.31. The van der Waals surface area contributed by atoms with Gasteiger partial charge >= 0.3 is 6.36 Å². The second-order valence-electron chi connectivity index (χ2n) is 7.00. The van der Waals surface area contributed by atoms with E-state index in [2.05, 4.69) is 15.0 Å². The lowest BCUT2D eigenvalue weighted by Crippen LogP contribution is -2.28. The number of rotatable bonds is 6. The molecule has 0 aliphatic carbocycles. The summed E-state index contributed by atoms with van der Waals surface area (Å²) in [6.07, 6.45) is -4.78. The summed E-state index contributed by atoms with van der Waals surface area (Å²) in [5.41, 5.74) is 0.676. The Morgan fingerprint density at radius 1 is 1.10 bits per heavy atom. The van der Waals surface area contributed by atoms with Crippen molar-refractivity contribution in [3.63, 3.8) is 0 Å². The van der Waals surface area contributed by atoms with Crippen molar-refractivity contribution in [1.29, 1.82) is 0 Å². The van der Waals surface area contributed by atoms with Crippen LogP contribution in [0.3, 0.4) is 0 Å². The number of anilines is 1. The zero-order valence-electron chi connectivity index (χ0n) is 16.9. The van der Waals surface area contributed by atoms with Gasteiger partial charge in [-0.3, -0.25) is 14.2 Å². The van der Waals surface area contributed by atoms with E-state index < -0.39 is 11.6 Å². The Kier molecular flexibility index (Phi) is 6.59. The van der Waals surface area contributed by atoms with Gasteiger partial charge in [-0.1, -0.05) is 23.9 Å². The number of para-hydroxylation sites is 1. The summed E-state index contributed by atoms with van der Waals surface area (Å²) in [6, 6.07) is 11.7. The van der Waals surface area contributed by atoms with Gasteiger partial charge in [0.15, 0.2) is 5.16 Å². The average Bonchev–Trinajstić information content (AvgIpc) is 2.68. The number of aromatic nitrogens is 2. The fraction of sp³-hybridized carbons (Fsp3) is 0.286. The number of ether oxygens (including phenoxy) is 1. The van der Waals surface area contributed by atoms with Gasteiger partial charge in [-0.15, -0.1) is 13.2 Å². The molecule has 10 heteroatoms. The van der Waals surface area contributed by atoms with Crippen molar-refractivity contribution in [2.24, 2.45) is 0 Å². The number of carbonyl (C=O) groups is 1. The van der Waals surface area contributed by atoms with Crippen LogP contribution in [0.4, 0.5) is 18.9 Å². The van der Waals surface area contributed by atoms with Crippen molar-refractivity contribution < 1.29 is 22.7 Å². The van der Waals surface area contributed by atoms with E-state index >= 15 is 0 Å². The molecule has 2 aromatic carbocycles. The van der Waals surface area contributed by atoms with E-state index in [1.165, 1.54) is 12.1 Å². The van der Waals surface area contributed by atoms with Gasteiger partial charge in [0, 0.05) is 11.7 Å². The first-order chi connectivity index (χ1) is 14.5. The summed E-state index contributed by atoms with van der Waals surface area (Å²) in [4.78, 5) is 30.0. The number of carbonyl (C=O) groups excluding carboxylic acids is 1. The van der Waals surface area contributed by atoms with Crippen LogP contribution in [0.1, 0.15) is 26.8 Å². The fourth-order valence-electron chi connectivity index (χ4n) is 2.86. The van der Waals surface area contributed by atoms with Crippen molar-refractivity contribution in [3.8, 4) is 5.75 Å². The Morgan fingerprint density at radius 3 is 2.35 bits per heavy atom. The fourth-order valence-corrected chi connectivity index (χ4v) is 3.90. The monoisotopic (exact) mass is 451 g/mol.